The Morgan fingerprint density at radius 3 is 2.58 bits per heavy atom. The zero-order chi connectivity index (χ0) is 18.6. The maximum atomic E-state index is 12.9. The highest BCUT2D eigenvalue weighted by Gasteiger charge is 2.46. The van der Waals surface area contributed by atoms with Crippen molar-refractivity contribution in [3.63, 3.8) is 0 Å². The quantitative estimate of drug-likeness (QED) is 0.812. The first-order valence-corrected chi connectivity index (χ1v) is 9.66. The number of aryl methyl sites for hydroxylation is 1. The molecule has 1 aromatic rings. The van der Waals surface area contributed by atoms with Crippen LogP contribution in [0.25, 0.3) is 0 Å². The lowest BCUT2D eigenvalue weighted by Gasteiger charge is -2.26. The summed E-state index contributed by atoms with van der Waals surface area (Å²) in [6.45, 7) is 5.58. The lowest BCUT2D eigenvalue weighted by molar-refractivity contribution is -0.137. The van der Waals surface area contributed by atoms with Gasteiger partial charge >= 0.3 is 0 Å². The van der Waals surface area contributed by atoms with Crippen molar-refractivity contribution < 1.29 is 14.3 Å². The molecule has 2 fully saturated rings. The van der Waals surface area contributed by atoms with Gasteiger partial charge in [-0.05, 0) is 38.2 Å². The Bertz CT molecular complexity index is 643. The van der Waals surface area contributed by atoms with Crippen LogP contribution in [0, 0.1) is 12.3 Å². The van der Waals surface area contributed by atoms with Crippen molar-refractivity contribution in [3.8, 4) is 0 Å². The molecule has 5 heteroatoms. The molecule has 1 atom stereocenters. The second-order valence-corrected chi connectivity index (χ2v) is 7.71. The fraction of sp³-hybridized carbons (Fsp3) is 0.619. The van der Waals surface area contributed by atoms with Gasteiger partial charge in [-0.15, -0.1) is 0 Å². The van der Waals surface area contributed by atoms with Crippen molar-refractivity contribution in [2.75, 3.05) is 39.9 Å². The summed E-state index contributed by atoms with van der Waals surface area (Å²) in [5.74, 6) is 0.440. The smallest absolute Gasteiger partial charge is 0.229 e. The number of likely N-dealkylation sites (tertiary alicyclic amines) is 2. The average molecular weight is 358 g/mol. The van der Waals surface area contributed by atoms with Crippen LogP contribution in [-0.2, 0) is 20.7 Å². The molecule has 1 aromatic carbocycles. The number of amides is 2. The lowest BCUT2D eigenvalue weighted by atomic mass is 9.79. The molecule has 0 bridgehead atoms. The van der Waals surface area contributed by atoms with Gasteiger partial charge in [0.25, 0.3) is 0 Å². The number of methoxy groups -OCH3 is 1. The van der Waals surface area contributed by atoms with Gasteiger partial charge in [0.2, 0.25) is 11.8 Å². The molecule has 0 aliphatic carbocycles. The number of nitrogens with zero attached hydrogens (tertiary/aromatic N) is 2. The van der Waals surface area contributed by atoms with Gasteiger partial charge < -0.3 is 14.5 Å². The van der Waals surface area contributed by atoms with Crippen LogP contribution >= 0.6 is 0 Å². The molecule has 142 valence electrons. The molecule has 1 spiro atoms. The summed E-state index contributed by atoms with van der Waals surface area (Å²) in [5.41, 5.74) is 2.00. The maximum Gasteiger partial charge on any atom is 0.229 e. The molecule has 2 heterocycles. The van der Waals surface area contributed by atoms with E-state index in [0.717, 1.165) is 44.3 Å². The summed E-state index contributed by atoms with van der Waals surface area (Å²) in [6, 6.07) is 8.15. The van der Waals surface area contributed by atoms with E-state index in [1.165, 1.54) is 5.56 Å². The van der Waals surface area contributed by atoms with E-state index < -0.39 is 0 Å². The van der Waals surface area contributed by atoms with Gasteiger partial charge in [-0.25, -0.2) is 0 Å². The second-order valence-electron chi connectivity index (χ2n) is 7.71. The maximum absolute atomic E-state index is 12.9. The zero-order valence-corrected chi connectivity index (χ0v) is 16.0. The second kappa shape index (κ2) is 8.21. The molecule has 2 amide bonds. The standard InChI is InChI=1S/C21H30N2O3/c1-17-4-6-18(7-5-17)16-19(24)22-11-3-8-21(9-12-22)10-13-23(20(21)25)14-15-26-2/h4-7H,3,8-16H2,1-2H3. The molecule has 2 saturated heterocycles. The third-order valence-corrected chi connectivity index (χ3v) is 5.94. The van der Waals surface area contributed by atoms with E-state index in [9.17, 15) is 9.59 Å². The Morgan fingerprint density at radius 2 is 1.85 bits per heavy atom. The predicted molar refractivity (Wildman–Crippen MR) is 101 cm³/mol. The Hall–Kier alpha value is -1.88. The van der Waals surface area contributed by atoms with Crippen LogP contribution in [-0.4, -0.2) is 61.5 Å². The molecular weight excluding hydrogens is 328 g/mol. The van der Waals surface area contributed by atoms with E-state index in [1.54, 1.807) is 7.11 Å². The number of ether oxygens (including phenoxy) is 1. The van der Waals surface area contributed by atoms with Gasteiger partial charge in [-0.1, -0.05) is 29.8 Å². The summed E-state index contributed by atoms with van der Waals surface area (Å²) in [7, 11) is 1.67. The molecule has 0 N–H and O–H groups in total. The van der Waals surface area contributed by atoms with Crippen molar-refractivity contribution in [1.82, 2.24) is 9.80 Å². The predicted octanol–water partition coefficient (Wildman–Crippen LogP) is 2.42. The molecule has 0 aromatic heterocycles. The summed E-state index contributed by atoms with van der Waals surface area (Å²) in [5, 5.41) is 0. The van der Waals surface area contributed by atoms with Crippen LogP contribution in [0.3, 0.4) is 0 Å². The van der Waals surface area contributed by atoms with Crippen molar-refractivity contribution in [2.45, 2.75) is 39.0 Å². The number of benzene rings is 1. The monoisotopic (exact) mass is 358 g/mol. The highest BCUT2D eigenvalue weighted by molar-refractivity contribution is 5.85. The van der Waals surface area contributed by atoms with Crippen molar-refractivity contribution in [3.05, 3.63) is 35.4 Å². The number of rotatable bonds is 5. The third-order valence-electron chi connectivity index (χ3n) is 5.94. The SMILES string of the molecule is COCCN1CCC2(CCCN(C(=O)Cc3ccc(C)cc3)CC2)C1=O. The van der Waals surface area contributed by atoms with E-state index in [1.807, 2.05) is 41.0 Å². The number of carbonyl (C=O) groups is 2. The van der Waals surface area contributed by atoms with E-state index in [-0.39, 0.29) is 17.2 Å². The molecule has 2 aliphatic heterocycles. The van der Waals surface area contributed by atoms with Crippen LogP contribution in [0.5, 0.6) is 0 Å². The minimum atomic E-state index is -0.257. The first-order valence-electron chi connectivity index (χ1n) is 9.66. The Labute approximate surface area is 156 Å². The van der Waals surface area contributed by atoms with Crippen LogP contribution in [0.4, 0.5) is 0 Å². The molecule has 1 unspecified atom stereocenters. The van der Waals surface area contributed by atoms with Crippen LogP contribution in [0.1, 0.15) is 36.8 Å². The van der Waals surface area contributed by atoms with Gasteiger partial charge in [0.1, 0.15) is 0 Å². The largest absolute Gasteiger partial charge is 0.383 e. The van der Waals surface area contributed by atoms with Crippen molar-refractivity contribution in [2.24, 2.45) is 5.41 Å². The van der Waals surface area contributed by atoms with Gasteiger partial charge in [-0.2, -0.15) is 0 Å². The molecule has 3 rings (SSSR count). The zero-order valence-electron chi connectivity index (χ0n) is 16.0. The lowest BCUT2D eigenvalue weighted by Crippen LogP contribution is -2.38. The summed E-state index contributed by atoms with van der Waals surface area (Å²) in [6.07, 6.45) is 3.94. The molecular formula is C21H30N2O3. The van der Waals surface area contributed by atoms with Gasteiger partial charge in [-0.3, -0.25) is 9.59 Å². The third kappa shape index (κ3) is 4.09. The van der Waals surface area contributed by atoms with Gasteiger partial charge in [0.15, 0.2) is 0 Å². The minimum absolute atomic E-state index is 0.174. The van der Waals surface area contributed by atoms with Gasteiger partial charge in [0.05, 0.1) is 18.4 Å². The fourth-order valence-corrected chi connectivity index (χ4v) is 4.21. The summed E-state index contributed by atoms with van der Waals surface area (Å²) in [4.78, 5) is 29.5. The Kier molecular flexibility index (Phi) is 5.97. The minimum Gasteiger partial charge on any atom is -0.383 e. The topological polar surface area (TPSA) is 49.9 Å². The molecule has 5 nitrogen and oxygen atoms in total. The van der Waals surface area contributed by atoms with E-state index in [2.05, 4.69) is 0 Å². The van der Waals surface area contributed by atoms with E-state index >= 15 is 0 Å². The number of hydrogen-bond acceptors (Lipinski definition) is 3. The van der Waals surface area contributed by atoms with Crippen LogP contribution < -0.4 is 0 Å². The number of hydrogen-bond donors (Lipinski definition) is 0. The normalized spacial score (nSPS) is 23.5. The fourth-order valence-electron chi connectivity index (χ4n) is 4.21. The molecule has 0 radical (unpaired) electrons. The summed E-state index contributed by atoms with van der Waals surface area (Å²) < 4.78 is 5.12. The van der Waals surface area contributed by atoms with E-state index in [4.69, 9.17) is 4.74 Å². The van der Waals surface area contributed by atoms with Gasteiger partial charge in [0, 0.05) is 33.3 Å². The van der Waals surface area contributed by atoms with Crippen LogP contribution in [0.15, 0.2) is 24.3 Å². The molecule has 2 aliphatic rings. The van der Waals surface area contributed by atoms with E-state index in [0.29, 0.717) is 26.1 Å². The molecule has 0 saturated carbocycles. The van der Waals surface area contributed by atoms with Crippen LogP contribution in [0.2, 0.25) is 0 Å². The molecule has 26 heavy (non-hydrogen) atoms. The number of carbonyl (C=O) groups excluding carboxylic acids is 2. The van der Waals surface area contributed by atoms with Crippen molar-refractivity contribution >= 4 is 11.8 Å². The first-order chi connectivity index (χ1) is 12.5. The first kappa shape index (κ1) is 18.9. The summed E-state index contributed by atoms with van der Waals surface area (Å²) >= 11 is 0. The Morgan fingerprint density at radius 1 is 1.12 bits per heavy atom. The van der Waals surface area contributed by atoms with Crippen molar-refractivity contribution in [1.29, 1.82) is 0 Å². The average Bonchev–Trinajstić information content (AvgIpc) is 2.81. The highest BCUT2D eigenvalue weighted by atomic mass is 16.5. The highest BCUT2D eigenvalue weighted by Crippen LogP contribution is 2.41. The Balaban J connectivity index is 1.58.